The molecule has 0 spiro atoms. The van der Waals surface area contributed by atoms with Crippen LogP contribution >= 0.6 is 11.8 Å². The van der Waals surface area contributed by atoms with Crippen molar-refractivity contribution in [2.75, 3.05) is 36.0 Å². The number of piperazine rings is 1. The maximum Gasteiger partial charge on any atom is 0.0509 e. The van der Waals surface area contributed by atoms with Crippen LogP contribution in [-0.2, 0) is 0 Å². The maximum absolute atomic E-state index is 2.55. The summed E-state index contributed by atoms with van der Waals surface area (Å²) in [5.41, 5.74) is 8.13. The summed E-state index contributed by atoms with van der Waals surface area (Å²) in [6.07, 6.45) is 0. The molecule has 29 heavy (non-hydrogen) atoms. The Hall–Kier alpha value is -2.39. The molecule has 1 aliphatic heterocycles. The monoisotopic (exact) mass is 402 g/mol. The van der Waals surface area contributed by atoms with Crippen molar-refractivity contribution in [1.82, 2.24) is 0 Å². The third kappa shape index (κ3) is 4.45. The van der Waals surface area contributed by atoms with Gasteiger partial charge in [0.1, 0.15) is 0 Å². The maximum atomic E-state index is 2.55. The van der Waals surface area contributed by atoms with Crippen molar-refractivity contribution < 1.29 is 0 Å². The molecule has 0 amide bonds. The van der Waals surface area contributed by atoms with Gasteiger partial charge < -0.3 is 9.80 Å². The standard InChI is InChI=1S/C26H30N2S/c1-19-9-11-23(21(3)17-19)27-13-15-28(16-14-27)24-7-5-6-8-26(24)29-25-12-10-20(2)18-22(25)4/h5-12,17-18H,13-16H2,1-4H3. The molecule has 0 saturated carbocycles. The summed E-state index contributed by atoms with van der Waals surface area (Å²) in [4.78, 5) is 7.77. The van der Waals surface area contributed by atoms with E-state index >= 15 is 0 Å². The van der Waals surface area contributed by atoms with Crippen molar-refractivity contribution in [3.8, 4) is 0 Å². The predicted molar refractivity (Wildman–Crippen MR) is 127 cm³/mol. The van der Waals surface area contributed by atoms with Crippen LogP contribution in [0.5, 0.6) is 0 Å². The Morgan fingerprint density at radius 3 is 1.83 bits per heavy atom. The summed E-state index contributed by atoms with van der Waals surface area (Å²) >= 11 is 1.89. The summed E-state index contributed by atoms with van der Waals surface area (Å²) < 4.78 is 0. The lowest BCUT2D eigenvalue weighted by molar-refractivity contribution is 0.649. The Morgan fingerprint density at radius 2 is 1.17 bits per heavy atom. The van der Waals surface area contributed by atoms with Crippen molar-refractivity contribution in [3.63, 3.8) is 0 Å². The molecule has 0 aliphatic carbocycles. The average Bonchev–Trinajstić information content (AvgIpc) is 2.71. The van der Waals surface area contributed by atoms with Crippen LogP contribution in [0.2, 0.25) is 0 Å². The van der Waals surface area contributed by atoms with Crippen molar-refractivity contribution in [3.05, 3.63) is 82.9 Å². The number of para-hydroxylation sites is 1. The second kappa shape index (κ2) is 8.54. The SMILES string of the molecule is Cc1ccc(Sc2ccccc2N2CCN(c3ccc(C)cc3C)CC2)c(C)c1. The molecule has 3 aromatic carbocycles. The molecule has 4 rings (SSSR count). The fourth-order valence-corrected chi connectivity index (χ4v) is 5.23. The number of anilines is 2. The minimum Gasteiger partial charge on any atom is -0.368 e. The molecular formula is C26H30N2S. The largest absolute Gasteiger partial charge is 0.368 e. The zero-order chi connectivity index (χ0) is 20.4. The normalized spacial score (nSPS) is 14.3. The van der Waals surface area contributed by atoms with Crippen LogP contribution in [0, 0.1) is 27.7 Å². The van der Waals surface area contributed by atoms with Crippen molar-refractivity contribution in [2.45, 2.75) is 37.5 Å². The van der Waals surface area contributed by atoms with Crippen LogP contribution in [0.4, 0.5) is 11.4 Å². The molecular weight excluding hydrogens is 372 g/mol. The molecule has 1 heterocycles. The lowest BCUT2D eigenvalue weighted by Crippen LogP contribution is -2.46. The fourth-order valence-electron chi connectivity index (χ4n) is 4.19. The van der Waals surface area contributed by atoms with Crippen LogP contribution in [0.25, 0.3) is 0 Å². The Kier molecular flexibility index (Phi) is 5.86. The van der Waals surface area contributed by atoms with Gasteiger partial charge in [-0.1, -0.05) is 59.3 Å². The Labute approximate surface area is 179 Å². The highest BCUT2D eigenvalue weighted by atomic mass is 32.2. The lowest BCUT2D eigenvalue weighted by atomic mass is 10.1. The van der Waals surface area contributed by atoms with Gasteiger partial charge in [0.05, 0.1) is 5.69 Å². The van der Waals surface area contributed by atoms with E-state index in [2.05, 4.69) is 98.2 Å². The highest BCUT2D eigenvalue weighted by Gasteiger charge is 2.20. The quantitative estimate of drug-likeness (QED) is 0.499. The summed E-state index contributed by atoms with van der Waals surface area (Å²) in [5.74, 6) is 0. The molecule has 0 unspecified atom stereocenters. The van der Waals surface area contributed by atoms with E-state index in [1.807, 2.05) is 11.8 Å². The number of rotatable bonds is 4. The van der Waals surface area contributed by atoms with Gasteiger partial charge in [-0.15, -0.1) is 0 Å². The number of hydrogen-bond donors (Lipinski definition) is 0. The molecule has 150 valence electrons. The predicted octanol–water partition coefficient (Wildman–Crippen LogP) is 6.40. The first-order chi connectivity index (χ1) is 14.0. The molecule has 1 saturated heterocycles. The first-order valence-corrected chi connectivity index (χ1v) is 11.2. The third-order valence-electron chi connectivity index (χ3n) is 5.73. The van der Waals surface area contributed by atoms with Gasteiger partial charge in [0, 0.05) is 41.7 Å². The van der Waals surface area contributed by atoms with E-state index in [-0.39, 0.29) is 0 Å². The smallest absolute Gasteiger partial charge is 0.0509 e. The van der Waals surface area contributed by atoms with E-state index in [1.54, 1.807) is 0 Å². The molecule has 1 fully saturated rings. The van der Waals surface area contributed by atoms with Gasteiger partial charge >= 0.3 is 0 Å². The van der Waals surface area contributed by atoms with Crippen LogP contribution in [-0.4, -0.2) is 26.2 Å². The highest BCUT2D eigenvalue weighted by molar-refractivity contribution is 7.99. The first-order valence-electron chi connectivity index (χ1n) is 10.4. The summed E-state index contributed by atoms with van der Waals surface area (Å²) in [7, 11) is 0. The van der Waals surface area contributed by atoms with Gasteiger partial charge in [0.2, 0.25) is 0 Å². The summed E-state index contributed by atoms with van der Waals surface area (Å²) in [6.45, 7) is 13.0. The van der Waals surface area contributed by atoms with Crippen LogP contribution < -0.4 is 9.80 Å². The van der Waals surface area contributed by atoms with E-state index in [4.69, 9.17) is 0 Å². The molecule has 2 nitrogen and oxygen atoms in total. The zero-order valence-electron chi connectivity index (χ0n) is 17.9. The molecule has 3 heteroatoms. The fraction of sp³-hybridized carbons (Fsp3) is 0.308. The van der Waals surface area contributed by atoms with Crippen LogP contribution in [0.3, 0.4) is 0 Å². The second-order valence-electron chi connectivity index (χ2n) is 8.10. The Bertz CT molecular complexity index is 1000. The highest BCUT2D eigenvalue weighted by Crippen LogP contribution is 2.37. The second-order valence-corrected chi connectivity index (χ2v) is 9.19. The Balaban J connectivity index is 1.50. The van der Waals surface area contributed by atoms with Gasteiger partial charge in [-0.3, -0.25) is 0 Å². The van der Waals surface area contributed by atoms with Gasteiger partial charge in [-0.05, 0) is 63.1 Å². The van der Waals surface area contributed by atoms with Gasteiger partial charge in [0.25, 0.3) is 0 Å². The van der Waals surface area contributed by atoms with E-state index in [0.29, 0.717) is 0 Å². The van der Waals surface area contributed by atoms with E-state index in [1.165, 1.54) is 43.4 Å². The van der Waals surface area contributed by atoms with E-state index in [0.717, 1.165) is 26.2 Å². The van der Waals surface area contributed by atoms with Crippen LogP contribution in [0.1, 0.15) is 22.3 Å². The zero-order valence-corrected chi connectivity index (χ0v) is 18.7. The van der Waals surface area contributed by atoms with Gasteiger partial charge in [-0.2, -0.15) is 0 Å². The third-order valence-corrected chi connectivity index (χ3v) is 6.97. The molecule has 0 N–H and O–H groups in total. The van der Waals surface area contributed by atoms with Crippen molar-refractivity contribution in [1.29, 1.82) is 0 Å². The number of aryl methyl sites for hydroxylation is 4. The minimum atomic E-state index is 1.05. The van der Waals surface area contributed by atoms with Gasteiger partial charge in [-0.25, -0.2) is 0 Å². The van der Waals surface area contributed by atoms with Gasteiger partial charge in [0.15, 0.2) is 0 Å². The number of benzene rings is 3. The molecule has 3 aromatic rings. The number of hydrogen-bond acceptors (Lipinski definition) is 3. The topological polar surface area (TPSA) is 6.48 Å². The summed E-state index contributed by atoms with van der Waals surface area (Å²) in [5, 5.41) is 0. The number of nitrogens with zero attached hydrogens (tertiary/aromatic N) is 2. The molecule has 0 atom stereocenters. The molecule has 1 aliphatic rings. The first kappa shape index (κ1) is 19.9. The minimum absolute atomic E-state index is 1.05. The molecule has 0 radical (unpaired) electrons. The van der Waals surface area contributed by atoms with Crippen molar-refractivity contribution in [2.24, 2.45) is 0 Å². The van der Waals surface area contributed by atoms with E-state index < -0.39 is 0 Å². The van der Waals surface area contributed by atoms with E-state index in [9.17, 15) is 0 Å². The molecule has 0 bridgehead atoms. The Morgan fingerprint density at radius 1 is 0.586 bits per heavy atom. The summed E-state index contributed by atoms with van der Waals surface area (Å²) in [6, 6.07) is 22.4. The molecule has 0 aromatic heterocycles. The average molecular weight is 403 g/mol. The van der Waals surface area contributed by atoms with Crippen LogP contribution in [0.15, 0.2) is 70.5 Å². The van der Waals surface area contributed by atoms with Crippen molar-refractivity contribution >= 4 is 23.1 Å². The lowest BCUT2D eigenvalue weighted by Gasteiger charge is -2.38.